The lowest BCUT2D eigenvalue weighted by molar-refractivity contribution is -0.185. The van der Waals surface area contributed by atoms with E-state index in [1.54, 1.807) is 0 Å². The average molecular weight is 292 g/mol. The Hall–Kier alpha value is -0.290. The van der Waals surface area contributed by atoms with Crippen LogP contribution in [0.2, 0.25) is 0 Å². The van der Waals surface area contributed by atoms with E-state index in [0.717, 1.165) is 12.5 Å². The van der Waals surface area contributed by atoms with Crippen LogP contribution < -0.4 is 5.32 Å². The highest BCUT2D eigenvalue weighted by atomic mass is 19.4. The van der Waals surface area contributed by atoms with Gasteiger partial charge in [0.1, 0.15) is 0 Å². The molecule has 1 aliphatic heterocycles. The van der Waals surface area contributed by atoms with Crippen molar-refractivity contribution in [1.82, 2.24) is 10.2 Å². The lowest BCUT2D eigenvalue weighted by atomic mass is 9.78. The molecular formula is C15H27F3N2. The molecule has 0 amide bonds. The predicted molar refractivity (Wildman–Crippen MR) is 74.6 cm³/mol. The van der Waals surface area contributed by atoms with Crippen LogP contribution >= 0.6 is 0 Å². The molecule has 3 atom stereocenters. The lowest BCUT2D eigenvalue weighted by Crippen LogP contribution is -2.47. The van der Waals surface area contributed by atoms with E-state index in [0.29, 0.717) is 25.0 Å². The van der Waals surface area contributed by atoms with Gasteiger partial charge in [-0.3, -0.25) is 0 Å². The van der Waals surface area contributed by atoms with Crippen molar-refractivity contribution in [2.45, 2.75) is 51.2 Å². The molecular weight excluding hydrogens is 265 g/mol. The Morgan fingerprint density at radius 2 is 1.75 bits per heavy atom. The van der Waals surface area contributed by atoms with Crippen molar-refractivity contribution in [2.24, 2.45) is 17.8 Å². The highest BCUT2D eigenvalue weighted by Gasteiger charge is 2.41. The number of nitrogens with zero attached hydrogens (tertiary/aromatic N) is 1. The van der Waals surface area contributed by atoms with E-state index >= 15 is 0 Å². The maximum Gasteiger partial charge on any atom is 0.391 e. The van der Waals surface area contributed by atoms with Gasteiger partial charge in [-0.15, -0.1) is 0 Å². The van der Waals surface area contributed by atoms with Crippen LogP contribution in [0.3, 0.4) is 0 Å². The number of nitrogens with one attached hydrogen (secondary N) is 1. The van der Waals surface area contributed by atoms with Crippen molar-refractivity contribution in [1.29, 1.82) is 0 Å². The minimum atomic E-state index is -4.00. The van der Waals surface area contributed by atoms with E-state index in [1.807, 2.05) is 7.05 Å². The molecule has 2 fully saturated rings. The van der Waals surface area contributed by atoms with Crippen LogP contribution in [-0.4, -0.2) is 43.8 Å². The number of hydrogen-bond donors (Lipinski definition) is 1. The van der Waals surface area contributed by atoms with Crippen molar-refractivity contribution in [3.05, 3.63) is 0 Å². The topological polar surface area (TPSA) is 15.3 Å². The molecule has 1 heterocycles. The summed E-state index contributed by atoms with van der Waals surface area (Å²) in [7, 11) is 2.00. The van der Waals surface area contributed by atoms with Crippen LogP contribution in [0.25, 0.3) is 0 Å². The molecule has 1 saturated heterocycles. The number of halogens is 3. The molecule has 1 N–H and O–H groups in total. The zero-order valence-electron chi connectivity index (χ0n) is 12.5. The van der Waals surface area contributed by atoms with Crippen molar-refractivity contribution in [3.8, 4) is 0 Å². The maximum atomic E-state index is 12.7. The summed E-state index contributed by atoms with van der Waals surface area (Å²) >= 11 is 0. The molecule has 3 unspecified atom stereocenters. The van der Waals surface area contributed by atoms with Gasteiger partial charge in [-0.05, 0) is 64.1 Å². The molecule has 118 valence electrons. The first-order valence-electron chi connectivity index (χ1n) is 7.86. The monoisotopic (exact) mass is 292 g/mol. The SMILES string of the molecule is CNC1CCC(C)CC1CN1CCC(C(F)(F)F)CC1. The Morgan fingerprint density at radius 1 is 1.10 bits per heavy atom. The highest BCUT2D eigenvalue weighted by molar-refractivity contribution is 4.86. The second kappa shape index (κ2) is 6.65. The molecule has 2 aliphatic rings. The molecule has 1 saturated carbocycles. The Labute approximate surface area is 120 Å². The zero-order chi connectivity index (χ0) is 14.8. The van der Waals surface area contributed by atoms with Gasteiger partial charge < -0.3 is 10.2 Å². The fraction of sp³-hybridized carbons (Fsp3) is 1.00. The molecule has 0 spiro atoms. The van der Waals surface area contributed by atoms with Gasteiger partial charge >= 0.3 is 6.18 Å². The van der Waals surface area contributed by atoms with Gasteiger partial charge in [-0.25, -0.2) is 0 Å². The Bertz CT molecular complexity index is 298. The van der Waals surface area contributed by atoms with Crippen molar-refractivity contribution < 1.29 is 13.2 Å². The third-order valence-electron chi connectivity index (χ3n) is 5.16. The molecule has 2 nitrogen and oxygen atoms in total. The predicted octanol–water partition coefficient (Wildman–Crippen LogP) is 3.28. The second-order valence-electron chi connectivity index (χ2n) is 6.69. The standard InChI is InChI=1S/C15H27F3N2/c1-11-3-4-14(19-2)12(9-11)10-20-7-5-13(6-8-20)15(16,17)18/h11-14,19H,3-10H2,1-2H3. The third-order valence-corrected chi connectivity index (χ3v) is 5.16. The van der Waals surface area contributed by atoms with Crippen molar-refractivity contribution in [2.75, 3.05) is 26.7 Å². The van der Waals surface area contributed by atoms with Crippen LogP contribution in [0.1, 0.15) is 39.0 Å². The fourth-order valence-corrected chi connectivity index (χ4v) is 3.86. The first-order chi connectivity index (χ1) is 9.40. The van der Waals surface area contributed by atoms with E-state index in [1.165, 1.54) is 19.3 Å². The van der Waals surface area contributed by atoms with E-state index in [9.17, 15) is 13.2 Å². The van der Waals surface area contributed by atoms with E-state index in [4.69, 9.17) is 0 Å². The second-order valence-corrected chi connectivity index (χ2v) is 6.69. The van der Waals surface area contributed by atoms with Gasteiger partial charge in [-0.1, -0.05) is 6.92 Å². The fourth-order valence-electron chi connectivity index (χ4n) is 3.86. The molecule has 0 aromatic rings. The van der Waals surface area contributed by atoms with Gasteiger partial charge in [0.15, 0.2) is 0 Å². The summed E-state index contributed by atoms with van der Waals surface area (Å²) in [5.74, 6) is 0.257. The number of piperidine rings is 1. The summed E-state index contributed by atoms with van der Waals surface area (Å²) in [6, 6.07) is 0.534. The van der Waals surface area contributed by atoms with E-state index in [-0.39, 0.29) is 12.8 Å². The Kier molecular flexibility index (Phi) is 5.35. The molecule has 20 heavy (non-hydrogen) atoms. The Balaban J connectivity index is 1.82. The number of alkyl halides is 3. The molecule has 2 rings (SSSR count). The van der Waals surface area contributed by atoms with E-state index in [2.05, 4.69) is 17.1 Å². The molecule has 0 aromatic heterocycles. The normalized spacial score (nSPS) is 34.4. The minimum Gasteiger partial charge on any atom is -0.317 e. The van der Waals surface area contributed by atoms with Crippen LogP contribution in [0, 0.1) is 17.8 Å². The van der Waals surface area contributed by atoms with Crippen molar-refractivity contribution in [3.63, 3.8) is 0 Å². The van der Waals surface area contributed by atoms with Crippen molar-refractivity contribution >= 4 is 0 Å². The molecule has 1 aliphatic carbocycles. The molecule has 0 bridgehead atoms. The van der Waals surface area contributed by atoms with Crippen LogP contribution in [0.5, 0.6) is 0 Å². The van der Waals surface area contributed by atoms with Gasteiger partial charge in [0.2, 0.25) is 0 Å². The van der Waals surface area contributed by atoms with Gasteiger partial charge in [-0.2, -0.15) is 13.2 Å². The molecule has 5 heteroatoms. The summed E-state index contributed by atoms with van der Waals surface area (Å²) in [6.07, 6.45) is 0.204. The third kappa shape index (κ3) is 4.10. The largest absolute Gasteiger partial charge is 0.391 e. The quantitative estimate of drug-likeness (QED) is 0.859. The van der Waals surface area contributed by atoms with Crippen LogP contribution in [0.4, 0.5) is 13.2 Å². The summed E-state index contributed by atoms with van der Waals surface area (Å²) in [6.45, 7) is 4.45. The van der Waals surface area contributed by atoms with Crippen LogP contribution in [-0.2, 0) is 0 Å². The first kappa shape index (κ1) is 16.1. The van der Waals surface area contributed by atoms with E-state index < -0.39 is 12.1 Å². The van der Waals surface area contributed by atoms with Crippen LogP contribution in [0.15, 0.2) is 0 Å². The lowest BCUT2D eigenvalue weighted by Gasteiger charge is -2.40. The average Bonchev–Trinajstić information content (AvgIpc) is 2.38. The number of likely N-dealkylation sites (tertiary alicyclic amines) is 1. The van der Waals surface area contributed by atoms with Gasteiger partial charge in [0.25, 0.3) is 0 Å². The van der Waals surface area contributed by atoms with Gasteiger partial charge in [0.05, 0.1) is 5.92 Å². The molecule has 0 radical (unpaired) electrons. The smallest absolute Gasteiger partial charge is 0.317 e. The summed E-state index contributed by atoms with van der Waals surface area (Å²) in [5, 5.41) is 3.39. The molecule has 0 aromatic carbocycles. The summed E-state index contributed by atoms with van der Waals surface area (Å²) in [4.78, 5) is 2.25. The van der Waals surface area contributed by atoms with Gasteiger partial charge in [0, 0.05) is 12.6 Å². The maximum absolute atomic E-state index is 12.7. The first-order valence-corrected chi connectivity index (χ1v) is 7.86. The zero-order valence-corrected chi connectivity index (χ0v) is 12.5. The summed E-state index contributed by atoms with van der Waals surface area (Å²) < 4.78 is 38.0. The number of hydrogen-bond acceptors (Lipinski definition) is 2. The summed E-state index contributed by atoms with van der Waals surface area (Å²) in [5.41, 5.74) is 0. The Morgan fingerprint density at radius 3 is 2.30 bits per heavy atom. The minimum absolute atomic E-state index is 0.274. The highest BCUT2D eigenvalue weighted by Crippen LogP contribution is 2.35. The number of rotatable bonds is 3.